The first-order chi connectivity index (χ1) is 9.63. The van der Waals surface area contributed by atoms with E-state index in [1.54, 1.807) is 19.1 Å². The van der Waals surface area contributed by atoms with Crippen molar-refractivity contribution >= 4 is 11.6 Å². The molecule has 0 fully saturated rings. The van der Waals surface area contributed by atoms with E-state index in [0.717, 1.165) is 11.3 Å². The molecule has 1 heterocycles. The molecule has 0 aromatic heterocycles. The highest BCUT2D eigenvalue weighted by Crippen LogP contribution is 2.28. The van der Waals surface area contributed by atoms with Gasteiger partial charge in [0.25, 0.3) is 5.91 Å². The third-order valence-electron chi connectivity index (χ3n) is 3.38. The molecule has 1 aliphatic rings. The number of rotatable bonds is 2. The highest BCUT2D eigenvalue weighted by molar-refractivity contribution is 5.95. The van der Waals surface area contributed by atoms with Crippen LogP contribution in [0.5, 0.6) is 5.75 Å². The van der Waals surface area contributed by atoms with Crippen LogP contribution in [-0.2, 0) is 11.2 Å². The number of fused-ring (bicyclic) bond motifs is 1. The molecule has 1 N–H and O–H groups in total. The molecule has 4 heteroatoms. The standard InChI is InChI=1S/C16H14FNO2/c1-10-6-7-12(9-13(10)17)18-16(19)15-8-11-4-2-3-5-14(11)20-15/h2-7,9,15H,8H2,1H3,(H,18,19). The van der Waals surface area contributed by atoms with Crippen molar-refractivity contribution in [3.63, 3.8) is 0 Å². The number of para-hydroxylation sites is 1. The van der Waals surface area contributed by atoms with Crippen molar-refractivity contribution in [2.24, 2.45) is 0 Å². The van der Waals surface area contributed by atoms with Crippen molar-refractivity contribution in [3.8, 4) is 5.75 Å². The molecule has 0 radical (unpaired) electrons. The summed E-state index contributed by atoms with van der Waals surface area (Å²) in [7, 11) is 0. The van der Waals surface area contributed by atoms with Gasteiger partial charge in [-0.25, -0.2) is 4.39 Å². The van der Waals surface area contributed by atoms with E-state index < -0.39 is 6.10 Å². The molecule has 3 nitrogen and oxygen atoms in total. The van der Waals surface area contributed by atoms with Gasteiger partial charge in [-0.2, -0.15) is 0 Å². The summed E-state index contributed by atoms with van der Waals surface area (Å²) in [5.41, 5.74) is 2.01. The first-order valence-electron chi connectivity index (χ1n) is 6.45. The Bertz CT molecular complexity index is 644. The SMILES string of the molecule is Cc1ccc(NC(=O)C2Cc3ccccc3O2)cc1F. The fourth-order valence-electron chi connectivity index (χ4n) is 2.22. The highest BCUT2D eigenvalue weighted by Gasteiger charge is 2.28. The maximum atomic E-state index is 13.4. The lowest BCUT2D eigenvalue weighted by Gasteiger charge is -2.11. The number of anilines is 1. The number of nitrogens with one attached hydrogen (secondary N) is 1. The summed E-state index contributed by atoms with van der Waals surface area (Å²) in [6.45, 7) is 1.68. The third kappa shape index (κ3) is 2.37. The van der Waals surface area contributed by atoms with Gasteiger partial charge in [-0.05, 0) is 36.2 Å². The van der Waals surface area contributed by atoms with Gasteiger partial charge in [0.15, 0.2) is 6.10 Å². The van der Waals surface area contributed by atoms with Crippen LogP contribution in [0.4, 0.5) is 10.1 Å². The summed E-state index contributed by atoms with van der Waals surface area (Å²) in [5, 5.41) is 2.68. The molecular formula is C16H14FNO2. The summed E-state index contributed by atoms with van der Waals surface area (Å²) in [4.78, 5) is 12.1. The smallest absolute Gasteiger partial charge is 0.265 e. The molecule has 2 aromatic carbocycles. The van der Waals surface area contributed by atoms with E-state index in [9.17, 15) is 9.18 Å². The summed E-state index contributed by atoms with van der Waals surface area (Å²) in [6, 6.07) is 12.2. The van der Waals surface area contributed by atoms with E-state index in [4.69, 9.17) is 4.74 Å². The Kier molecular flexibility index (Phi) is 3.14. The van der Waals surface area contributed by atoms with Crippen LogP contribution in [0.15, 0.2) is 42.5 Å². The minimum absolute atomic E-state index is 0.260. The molecule has 1 atom stereocenters. The number of carbonyl (C=O) groups excluding carboxylic acids is 1. The lowest BCUT2D eigenvalue weighted by Crippen LogP contribution is -2.31. The van der Waals surface area contributed by atoms with Gasteiger partial charge in [-0.15, -0.1) is 0 Å². The van der Waals surface area contributed by atoms with Gasteiger partial charge in [0, 0.05) is 12.1 Å². The number of aryl methyl sites for hydroxylation is 1. The Hall–Kier alpha value is -2.36. The zero-order chi connectivity index (χ0) is 14.1. The predicted octanol–water partition coefficient (Wildman–Crippen LogP) is 3.08. The van der Waals surface area contributed by atoms with Gasteiger partial charge in [0.1, 0.15) is 11.6 Å². The number of hydrogen-bond acceptors (Lipinski definition) is 2. The van der Waals surface area contributed by atoms with Crippen LogP contribution in [0, 0.1) is 12.7 Å². The van der Waals surface area contributed by atoms with E-state index in [0.29, 0.717) is 17.7 Å². The summed E-state index contributed by atoms with van der Waals surface area (Å²) in [6.07, 6.45) is -0.0205. The normalized spacial score (nSPS) is 16.4. The second kappa shape index (κ2) is 4.96. The minimum atomic E-state index is -0.559. The fraction of sp³-hybridized carbons (Fsp3) is 0.188. The Morgan fingerprint density at radius 2 is 2.10 bits per heavy atom. The number of carbonyl (C=O) groups is 1. The molecule has 102 valence electrons. The largest absolute Gasteiger partial charge is 0.480 e. The predicted molar refractivity (Wildman–Crippen MR) is 74.3 cm³/mol. The van der Waals surface area contributed by atoms with Gasteiger partial charge in [0.2, 0.25) is 0 Å². The van der Waals surface area contributed by atoms with Crippen molar-refractivity contribution < 1.29 is 13.9 Å². The molecule has 1 aliphatic heterocycles. The van der Waals surface area contributed by atoms with Gasteiger partial charge in [-0.1, -0.05) is 24.3 Å². The fourth-order valence-corrected chi connectivity index (χ4v) is 2.22. The van der Waals surface area contributed by atoms with Crippen LogP contribution < -0.4 is 10.1 Å². The zero-order valence-corrected chi connectivity index (χ0v) is 11.0. The van der Waals surface area contributed by atoms with Gasteiger partial charge >= 0.3 is 0 Å². The molecule has 3 rings (SSSR count). The topological polar surface area (TPSA) is 38.3 Å². The third-order valence-corrected chi connectivity index (χ3v) is 3.38. The number of halogens is 1. The number of ether oxygens (including phenoxy) is 1. The minimum Gasteiger partial charge on any atom is -0.480 e. The molecule has 1 amide bonds. The van der Waals surface area contributed by atoms with Crippen molar-refractivity contribution in [1.82, 2.24) is 0 Å². The Balaban J connectivity index is 1.71. The second-order valence-corrected chi connectivity index (χ2v) is 4.87. The average Bonchev–Trinajstić information content (AvgIpc) is 2.87. The molecule has 2 aromatic rings. The van der Waals surface area contributed by atoms with Crippen LogP contribution in [0.3, 0.4) is 0 Å². The van der Waals surface area contributed by atoms with Gasteiger partial charge in [0.05, 0.1) is 0 Å². The van der Waals surface area contributed by atoms with Crippen molar-refractivity contribution in [2.45, 2.75) is 19.4 Å². The second-order valence-electron chi connectivity index (χ2n) is 4.87. The molecule has 0 saturated heterocycles. The molecule has 0 bridgehead atoms. The molecule has 0 spiro atoms. The summed E-state index contributed by atoms with van der Waals surface area (Å²) >= 11 is 0. The first-order valence-corrected chi connectivity index (χ1v) is 6.45. The monoisotopic (exact) mass is 271 g/mol. The highest BCUT2D eigenvalue weighted by atomic mass is 19.1. The number of amides is 1. The van der Waals surface area contributed by atoms with Crippen molar-refractivity contribution in [3.05, 3.63) is 59.4 Å². The maximum absolute atomic E-state index is 13.4. The van der Waals surface area contributed by atoms with Gasteiger partial charge < -0.3 is 10.1 Å². The van der Waals surface area contributed by atoms with Crippen molar-refractivity contribution in [1.29, 1.82) is 0 Å². The van der Waals surface area contributed by atoms with Crippen LogP contribution in [0.2, 0.25) is 0 Å². The lowest BCUT2D eigenvalue weighted by atomic mass is 10.1. The molecular weight excluding hydrogens is 257 g/mol. The number of benzene rings is 2. The average molecular weight is 271 g/mol. The van der Waals surface area contributed by atoms with Crippen LogP contribution in [-0.4, -0.2) is 12.0 Å². The molecule has 20 heavy (non-hydrogen) atoms. The Morgan fingerprint density at radius 3 is 2.85 bits per heavy atom. The Morgan fingerprint density at radius 1 is 1.30 bits per heavy atom. The van der Waals surface area contributed by atoms with E-state index in [1.165, 1.54) is 6.07 Å². The first kappa shape index (κ1) is 12.7. The lowest BCUT2D eigenvalue weighted by molar-refractivity contribution is -0.122. The Labute approximate surface area is 116 Å². The molecule has 0 saturated carbocycles. The zero-order valence-electron chi connectivity index (χ0n) is 11.0. The van der Waals surface area contributed by atoms with Crippen LogP contribution in [0.25, 0.3) is 0 Å². The van der Waals surface area contributed by atoms with E-state index in [1.807, 2.05) is 24.3 Å². The van der Waals surface area contributed by atoms with Crippen molar-refractivity contribution in [2.75, 3.05) is 5.32 Å². The van der Waals surface area contributed by atoms with Crippen LogP contribution >= 0.6 is 0 Å². The summed E-state index contributed by atoms with van der Waals surface area (Å²) < 4.78 is 19.0. The molecule has 1 unspecified atom stereocenters. The molecule has 0 aliphatic carbocycles. The van der Waals surface area contributed by atoms with E-state index >= 15 is 0 Å². The van der Waals surface area contributed by atoms with Crippen LogP contribution in [0.1, 0.15) is 11.1 Å². The van der Waals surface area contributed by atoms with E-state index in [2.05, 4.69) is 5.32 Å². The number of hydrogen-bond donors (Lipinski definition) is 1. The summed E-state index contributed by atoms with van der Waals surface area (Å²) in [5.74, 6) is 0.144. The van der Waals surface area contributed by atoms with E-state index in [-0.39, 0.29) is 11.7 Å². The maximum Gasteiger partial charge on any atom is 0.265 e. The quantitative estimate of drug-likeness (QED) is 0.911. The van der Waals surface area contributed by atoms with Gasteiger partial charge in [-0.3, -0.25) is 4.79 Å².